The van der Waals surface area contributed by atoms with Gasteiger partial charge in [-0.2, -0.15) is 0 Å². The molecular formula is C12H17NO3. The fourth-order valence-electron chi connectivity index (χ4n) is 1.29. The molecule has 0 radical (unpaired) electrons. The van der Waals surface area contributed by atoms with Gasteiger partial charge in [-0.05, 0) is 19.1 Å². The molecule has 1 aromatic rings. The van der Waals surface area contributed by atoms with Crippen molar-refractivity contribution in [2.45, 2.75) is 13.3 Å². The number of rotatable bonds is 5. The van der Waals surface area contributed by atoms with Crippen molar-refractivity contribution in [2.24, 2.45) is 0 Å². The quantitative estimate of drug-likeness (QED) is 0.469. The standard InChI is InChI=1S/C12H17NO3/c1-9-4-5-11(13)10(8-9)12(14)16-7-3-6-15-2/h4-5,8H,3,6-7,13H2,1-2H3. The Bertz CT molecular complexity index is 363. The van der Waals surface area contributed by atoms with Gasteiger partial charge in [-0.15, -0.1) is 0 Å². The van der Waals surface area contributed by atoms with Crippen LogP contribution in [0.4, 0.5) is 5.69 Å². The van der Waals surface area contributed by atoms with E-state index >= 15 is 0 Å². The van der Waals surface area contributed by atoms with E-state index in [-0.39, 0.29) is 5.97 Å². The molecule has 4 nitrogen and oxygen atoms in total. The van der Waals surface area contributed by atoms with Gasteiger partial charge in [0, 0.05) is 25.8 Å². The van der Waals surface area contributed by atoms with Crippen LogP contribution in [0.15, 0.2) is 18.2 Å². The van der Waals surface area contributed by atoms with Gasteiger partial charge >= 0.3 is 5.97 Å². The zero-order chi connectivity index (χ0) is 12.0. The molecule has 16 heavy (non-hydrogen) atoms. The first-order valence-corrected chi connectivity index (χ1v) is 5.17. The lowest BCUT2D eigenvalue weighted by Crippen LogP contribution is -2.10. The molecule has 0 aliphatic heterocycles. The highest BCUT2D eigenvalue weighted by atomic mass is 16.5. The second kappa shape index (κ2) is 6.12. The normalized spacial score (nSPS) is 10.1. The van der Waals surface area contributed by atoms with Gasteiger partial charge in [0.2, 0.25) is 0 Å². The number of anilines is 1. The Balaban J connectivity index is 2.55. The first-order valence-electron chi connectivity index (χ1n) is 5.17. The number of nitrogens with two attached hydrogens (primary N) is 1. The summed E-state index contributed by atoms with van der Waals surface area (Å²) in [5.41, 5.74) is 7.55. The van der Waals surface area contributed by atoms with Gasteiger partial charge in [-0.25, -0.2) is 4.79 Å². The number of carbonyl (C=O) groups excluding carboxylic acids is 1. The number of carbonyl (C=O) groups is 1. The lowest BCUT2D eigenvalue weighted by atomic mass is 10.1. The number of esters is 1. The smallest absolute Gasteiger partial charge is 0.340 e. The number of ether oxygens (including phenoxy) is 2. The van der Waals surface area contributed by atoms with Crippen LogP contribution < -0.4 is 5.73 Å². The summed E-state index contributed by atoms with van der Waals surface area (Å²) >= 11 is 0. The van der Waals surface area contributed by atoms with Gasteiger partial charge < -0.3 is 15.2 Å². The number of nitrogen functional groups attached to an aromatic ring is 1. The Morgan fingerprint density at radius 3 is 2.81 bits per heavy atom. The minimum absolute atomic E-state index is 0.347. The van der Waals surface area contributed by atoms with Crippen molar-refractivity contribution in [1.29, 1.82) is 0 Å². The first-order chi connectivity index (χ1) is 7.65. The third-order valence-corrected chi connectivity index (χ3v) is 2.15. The van der Waals surface area contributed by atoms with Crippen molar-refractivity contribution < 1.29 is 14.3 Å². The van der Waals surface area contributed by atoms with Crippen LogP contribution in [0.5, 0.6) is 0 Å². The van der Waals surface area contributed by atoms with Crippen LogP contribution >= 0.6 is 0 Å². The molecule has 0 fully saturated rings. The van der Waals surface area contributed by atoms with Crippen LogP contribution in [0.3, 0.4) is 0 Å². The maximum atomic E-state index is 11.6. The highest BCUT2D eigenvalue weighted by Gasteiger charge is 2.10. The molecule has 0 unspecified atom stereocenters. The number of aryl methyl sites for hydroxylation is 1. The fourth-order valence-corrected chi connectivity index (χ4v) is 1.29. The molecule has 0 atom stereocenters. The van der Waals surface area contributed by atoms with Gasteiger partial charge in [0.15, 0.2) is 0 Å². The lowest BCUT2D eigenvalue weighted by molar-refractivity contribution is 0.0469. The molecule has 0 saturated carbocycles. The molecule has 1 aromatic carbocycles. The van der Waals surface area contributed by atoms with Crippen molar-refractivity contribution in [2.75, 3.05) is 26.1 Å². The Hall–Kier alpha value is -1.55. The summed E-state index contributed by atoms with van der Waals surface area (Å²) < 4.78 is 9.92. The summed E-state index contributed by atoms with van der Waals surface area (Å²) in [6, 6.07) is 5.30. The van der Waals surface area contributed by atoms with Crippen molar-refractivity contribution in [3.63, 3.8) is 0 Å². The second-order valence-electron chi connectivity index (χ2n) is 3.57. The Labute approximate surface area is 95.3 Å². The number of methoxy groups -OCH3 is 1. The predicted molar refractivity (Wildman–Crippen MR) is 62.4 cm³/mol. The van der Waals surface area contributed by atoms with Crippen LogP contribution in [0.2, 0.25) is 0 Å². The summed E-state index contributed by atoms with van der Waals surface area (Å²) in [5.74, 6) is -0.377. The van der Waals surface area contributed by atoms with E-state index in [0.717, 1.165) is 5.56 Å². The Morgan fingerprint density at radius 2 is 2.12 bits per heavy atom. The Morgan fingerprint density at radius 1 is 1.38 bits per heavy atom. The average molecular weight is 223 g/mol. The summed E-state index contributed by atoms with van der Waals surface area (Å²) in [4.78, 5) is 11.6. The van der Waals surface area contributed by atoms with E-state index in [0.29, 0.717) is 30.9 Å². The number of hydrogen-bond donors (Lipinski definition) is 1. The summed E-state index contributed by atoms with van der Waals surface area (Å²) in [5, 5.41) is 0. The van der Waals surface area contributed by atoms with Gasteiger partial charge in [0.05, 0.1) is 12.2 Å². The van der Waals surface area contributed by atoms with Crippen LogP contribution in [0.1, 0.15) is 22.3 Å². The van der Waals surface area contributed by atoms with Crippen LogP contribution in [0, 0.1) is 6.92 Å². The summed E-state index contributed by atoms with van der Waals surface area (Å²) in [7, 11) is 1.61. The van der Waals surface area contributed by atoms with Crippen molar-refractivity contribution in [3.8, 4) is 0 Å². The molecule has 0 bridgehead atoms. The molecule has 0 spiro atoms. The lowest BCUT2D eigenvalue weighted by Gasteiger charge is -2.07. The summed E-state index contributed by atoms with van der Waals surface area (Å²) in [6.45, 7) is 2.83. The van der Waals surface area contributed by atoms with E-state index in [1.807, 2.05) is 13.0 Å². The minimum Gasteiger partial charge on any atom is -0.462 e. The van der Waals surface area contributed by atoms with E-state index in [9.17, 15) is 4.79 Å². The molecule has 2 N–H and O–H groups in total. The van der Waals surface area contributed by atoms with Gasteiger partial charge in [0.25, 0.3) is 0 Å². The number of hydrogen-bond acceptors (Lipinski definition) is 4. The fraction of sp³-hybridized carbons (Fsp3) is 0.417. The summed E-state index contributed by atoms with van der Waals surface area (Å²) in [6.07, 6.45) is 0.688. The minimum atomic E-state index is -0.377. The second-order valence-corrected chi connectivity index (χ2v) is 3.57. The van der Waals surface area contributed by atoms with Gasteiger partial charge in [-0.3, -0.25) is 0 Å². The van der Waals surface area contributed by atoms with E-state index < -0.39 is 0 Å². The molecule has 0 amide bonds. The highest BCUT2D eigenvalue weighted by Crippen LogP contribution is 2.14. The first kappa shape index (κ1) is 12.5. The third-order valence-electron chi connectivity index (χ3n) is 2.15. The van der Waals surface area contributed by atoms with E-state index in [4.69, 9.17) is 15.2 Å². The molecule has 0 aromatic heterocycles. The van der Waals surface area contributed by atoms with Crippen LogP contribution in [0.25, 0.3) is 0 Å². The zero-order valence-electron chi connectivity index (χ0n) is 9.66. The number of benzene rings is 1. The van der Waals surface area contributed by atoms with Crippen molar-refractivity contribution >= 4 is 11.7 Å². The van der Waals surface area contributed by atoms with E-state index in [1.54, 1.807) is 19.2 Å². The molecule has 4 heteroatoms. The highest BCUT2D eigenvalue weighted by molar-refractivity contribution is 5.95. The predicted octanol–water partition coefficient (Wildman–Crippen LogP) is 1.77. The molecule has 0 aliphatic carbocycles. The molecule has 88 valence electrons. The molecule has 0 aliphatic rings. The largest absolute Gasteiger partial charge is 0.462 e. The molecule has 1 rings (SSSR count). The Kier molecular flexibility index (Phi) is 4.79. The van der Waals surface area contributed by atoms with Gasteiger partial charge in [-0.1, -0.05) is 11.6 Å². The van der Waals surface area contributed by atoms with Crippen LogP contribution in [-0.2, 0) is 9.47 Å². The average Bonchev–Trinajstić information content (AvgIpc) is 2.27. The van der Waals surface area contributed by atoms with Crippen LogP contribution in [-0.4, -0.2) is 26.3 Å². The monoisotopic (exact) mass is 223 g/mol. The molecule has 0 heterocycles. The van der Waals surface area contributed by atoms with Crippen molar-refractivity contribution in [1.82, 2.24) is 0 Å². The van der Waals surface area contributed by atoms with Gasteiger partial charge in [0.1, 0.15) is 0 Å². The third kappa shape index (κ3) is 3.55. The maximum absolute atomic E-state index is 11.6. The van der Waals surface area contributed by atoms with E-state index in [2.05, 4.69) is 0 Å². The molecule has 0 saturated heterocycles. The van der Waals surface area contributed by atoms with Crippen molar-refractivity contribution in [3.05, 3.63) is 29.3 Å². The topological polar surface area (TPSA) is 61.5 Å². The van der Waals surface area contributed by atoms with E-state index in [1.165, 1.54) is 0 Å². The SMILES string of the molecule is COCCCOC(=O)c1cc(C)ccc1N. The maximum Gasteiger partial charge on any atom is 0.340 e. The zero-order valence-corrected chi connectivity index (χ0v) is 9.66. The molecular weight excluding hydrogens is 206 g/mol.